The number of hydrogen-bond acceptors (Lipinski definition) is 4. The summed E-state index contributed by atoms with van der Waals surface area (Å²) in [6, 6.07) is 5.54. The van der Waals surface area contributed by atoms with Crippen LogP contribution in [0.2, 0.25) is 0 Å². The Hall–Kier alpha value is -1.05. The zero-order valence-electron chi connectivity index (χ0n) is 7.32. The number of rotatable bonds is 3. The van der Waals surface area contributed by atoms with Gasteiger partial charge in [-0.15, -0.1) is 11.8 Å². The summed E-state index contributed by atoms with van der Waals surface area (Å²) in [5.74, 6) is 0.612. The van der Waals surface area contributed by atoms with Gasteiger partial charge in [0.15, 0.2) is 0 Å². The molecule has 4 heteroatoms. The number of aliphatic hydroxyl groups excluding tert-OH is 1. The first-order valence-corrected chi connectivity index (χ1v) is 4.87. The van der Waals surface area contributed by atoms with E-state index in [1.54, 1.807) is 12.1 Å². The van der Waals surface area contributed by atoms with E-state index in [0.717, 1.165) is 10.7 Å². The van der Waals surface area contributed by atoms with Crippen LogP contribution in [-0.4, -0.2) is 22.5 Å². The van der Waals surface area contributed by atoms with Gasteiger partial charge in [0.25, 0.3) is 0 Å². The highest BCUT2D eigenvalue weighted by molar-refractivity contribution is 7.99. The summed E-state index contributed by atoms with van der Waals surface area (Å²) >= 11 is 1.45. The largest absolute Gasteiger partial charge is 0.396 e. The van der Waals surface area contributed by atoms with E-state index in [9.17, 15) is 0 Å². The van der Waals surface area contributed by atoms with Crippen molar-refractivity contribution in [2.45, 2.75) is 11.9 Å². The normalized spacial score (nSPS) is 9.62. The van der Waals surface area contributed by atoms with Crippen LogP contribution in [0.4, 0.5) is 0 Å². The van der Waals surface area contributed by atoms with Gasteiger partial charge in [-0.1, -0.05) is 0 Å². The van der Waals surface area contributed by atoms with Crippen LogP contribution in [0.1, 0.15) is 11.3 Å². The minimum absolute atomic E-state index is 0.127. The van der Waals surface area contributed by atoms with Crippen LogP contribution in [0.3, 0.4) is 0 Å². The van der Waals surface area contributed by atoms with Crippen LogP contribution < -0.4 is 0 Å². The molecule has 0 radical (unpaired) electrons. The Morgan fingerprint density at radius 3 is 3.00 bits per heavy atom. The molecular weight excluding hydrogens is 184 g/mol. The lowest BCUT2D eigenvalue weighted by molar-refractivity contribution is 0.322. The quantitative estimate of drug-likeness (QED) is 0.738. The second-order valence-corrected chi connectivity index (χ2v) is 3.63. The van der Waals surface area contributed by atoms with Gasteiger partial charge in [0.2, 0.25) is 0 Å². The average Bonchev–Trinajstić information content (AvgIpc) is 2.14. The van der Waals surface area contributed by atoms with Crippen molar-refractivity contribution in [2.75, 3.05) is 12.4 Å². The molecule has 0 aliphatic heterocycles. The minimum atomic E-state index is 0.127. The number of aromatic nitrogens is 1. The Bertz CT molecular complexity index is 333. The summed E-state index contributed by atoms with van der Waals surface area (Å²) in [6.45, 7) is 1.98. The molecule has 0 unspecified atom stereocenters. The maximum Gasteiger partial charge on any atom is 0.0993 e. The Labute approximate surface area is 81.4 Å². The van der Waals surface area contributed by atoms with E-state index in [4.69, 9.17) is 10.4 Å². The van der Waals surface area contributed by atoms with E-state index in [0.29, 0.717) is 11.3 Å². The lowest BCUT2D eigenvalue weighted by atomic mass is 10.2. The fourth-order valence-corrected chi connectivity index (χ4v) is 1.65. The number of pyridine rings is 1. The number of nitrogens with zero attached hydrogens (tertiary/aromatic N) is 2. The first-order valence-electron chi connectivity index (χ1n) is 3.88. The Morgan fingerprint density at radius 2 is 2.38 bits per heavy atom. The van der Waals surface area contributed by atoms with Gasteiger partial charge in [0, 0.05) is 11.4 Å². The van der Waals surface area contributed by atoms with Gasteiger partial charge in [-0.25, -0.2) is 4.98 Å². The van der Waals surface area contributed by atoms with Crippen molar-refractivity contribution in [3.05, 3.63) is 23.4 Å². The van der Waals surface area contributed by atoms with Crippen molar-refractivity contribution in [1.82, 2.24) is 4.98 Å². The molecule has 1 N–H and O–H groups in total. The molecule has 0 amide bonds. The molecule has 1 aromatic heterocycles. The molecule has 1 rings (SSSR count). The maximum absolute atomic E-state index is 8.68. The third-order valence-electron chi connectivity index (χ3n) is 1.40. The fraction of sp³-hybridized carbons (Fsp3) is 0.333. The molecule has 1 aromatic rings. The van der Waals surface area contributed by atoms with Gasteiger partial charge in [0.05, 0.1) is 23.3 Å². The van der Waals surface area contributed by atoms with Crippen molar-refractivity contribution in [2.24, 2.45) is 0 Å². The highest BCUT2D eigenvalue weighted by Gasteiger charge is 1.99. The van der Waals surface area contributed by atoms with Crippen molar-refractivity contribution in [1.29, 1.82) is 5.26 Å². The zero-order valence-corrected chi connectivity index (χ0v) is 8.14. The summed E-state index contributed by atoms with van der Waals surface area (Å²) < 4.78 is 0. The molecule has 0 saturated carbocycles. The third kappa shape index (κ3) is 3.05. The first kappa shape index (κ1) is 10.0. The van der Waals surface area contributed by atoms with Crippen LogP contribution >= 0.6 is 11.8 Å². The van der Waals surface area contributed by atoms with Crippen LogP contribution in [-0.2, 0) is 0 Å². The SMILES string of the molecule is Cc1cc(C#N)cc(SCCO)n1. The predicted molar refractivity (Wildman–Crippen MR) is 51.5 cm³/mol. The van der Waals surface area contributed by atoms with E-state index in [2.05, 4.69) is 11.1 Å². The number of aryl methyl sites for hydroxylation is 1. The van der Waals surface area contributed by atoms with Gasteiger partial charge >= 0.3 is 0 Å². The molecule has 0 aliphatic rings. The highest BCUT2D eigenvalue weighted by Crippen LogP contribution is 2.16. The van der Waals surface area contributed by atoms with Crippen LogP contribution in [0.15, 0.2) is 17.2 Å². The zero-order chi connectivity index (χ0) is 9.68. The third-order valence-corrected chi connectivity index (χ3v) is 2.29. The molecule has 0 atom stereocenters. The van der Waals surface area contributed by atoms with E-state index in [-0.39, 0.29) is 6.61 Å². The Morgan fingerprint density at radius 1 is 1.62 bits per heavy atom. The molecule has 0 bridgehead atoms. The molecule has 13 heavy (non-hydrogen) atoms. The average molecular weight is 194 g/mol. The number of thioether (sulfide) groups is 1. The first-order chi connectivity index (χ1) is 6.26. The van der Waals surface area contributed by atoms with Crippen molar-refractivity contribution < 1.29 is 5.11 Å². The second-order valence-electron chi connectivity index (χ2n) is 2.52. The van der Waals surface area contributed by atoms with Gasteiger partial charge in [-0.3, -0.25) is 0 Å². The summed E-state index contributed by atoms with van der Waals surface area (Å²) in [5, 5.41) is 18.1. The summed E-state index contributed by atoms with van der Waals surface area (Å²) in [7, 11) is 0. The second kappa shape index (κ2) is 4.85. The molecular formula is C9H10N2OS. The fourth-order valence-electron chi connectivity index (χ4n) is 0.927. The van der Waals surface area contributed by atoms with Gasteiger partial charge in [0.1, 0.15) is 0 Å². The van der Waals surface area contributed by atoms with Crippen LogP contribution in [0.25, 0.3) is 0 Å². The lowest BCUT2D eigenvalue weighted by Gasteiger charge is -2.00. The van der Waals surface area contributed by atoms with Gasteiger partial charge in [-0.05, 0) is 19.1 Å². The molecule has 0 aliphatic carbocycles. The number of aliphatic hydroxyl groups is 1. The van der Waals surface area contributed by atoms with E-state index in [1.807, 2.05) is 6.92 Å². The summed E-state index contributed by atoms with van der Waals surface area (Å²) in [4.78, 5) is 4.22. The van der Waals surface area contributed by atoms with E-state index in [1.165, 1.54) is 11.8 Å². The van der Waals surface area contributed by atoms with E-state index >= 15 is 0 Å². The Kier molecular flexibility index (Phi) is 3.74. The number of hydrogen-bond donors (Lipinski definition) is 1. The maximum atomic E-state index is 8.68. The Balaban J connectivity index is 2.83. The minimum Gasteiger partial charge on any atom is -0.396 e. The van der Waals surface area contributed by atoms with Gasteiger partial charge < -0.3 is 5.11 Å². The molecule has 1 heterocycles. The topological polar surface area (TPSA) is 56.9 Å². The van der Waals surface area contributed by atoms with E-state index < -0.39 is 0 Å². The number of nitriles is 1. The molecule has 0 saturated heterocycles. The predicted octanol–water partition coefficient (Wildman–Crippen LogP) is 1.35. The lowest BCUT2D eigenvalue weighted by Crippen LogP contribution is -1.91. The van der Waals surface area contributed by atoms with Crippen molar-refractivity contribution >= 4 is 11.8 Å². The molecule has 68 valence electrons. The molecule has 0 spiro atoms. The monoisotopic (exact) mass is 194 g/mol. The van der Waals surface area contributed by atoms with Crippen molar-refractivity contribution in [3.63, 3.8) is 0 Å². The smallest absolute Gasteiger partial charge is 0.0993 e. The molecule has 0 fully saturated rings. The summed E-state index contributed by atoms with van der Waals surface area (Å²) in [5.41, 5.74) is 1.45. The summed E-state index contributed by atoms with van der Waals surface area (Å²) in [6.07, 6.45) is 0. The van der Waals surface area contributed by atoms with Gasteiger partial charge in [-0.2, -0.15) is 5.26 Å². The highest BCUT2D eigenvalue weighted by atomic mass is 32.2. The van der Waals surface area contributed by atoms with Crippen LogP contribution in [0.5, 0.6) is 0 Å². The molecule has 0 aromatic carbocycles. The van der Waals surface area contributed by atoms with Crippen molar-refractivity contribution in [3.8, 4) is 6.07 Å². The molecule has 3 nitrogen and oxygen atoms in total. The van der Waals surface area contributed by atoms with Crippen LogP contribution in [0, 0.1) is 18.3 Å². The standard InChI is InChI=1S/C9H10N2OS/c1-7-4-8(6-10)5-9(11-7)13-3-2-12/h4-5,12H,2-3H2,1H3.